The number of amides is 3. The third kappa shape index (κ3) is 5.99. The van der Waals surface area contributed by atoms with Gasteiger partial charge in [0.05, 0.1) is 5.52 Å². The van der Waals surface area contributed by atoms with Gasteiger partial charge in [0, 0.05) is 13.5 Å². The minimum Gasteiger partial charge on any atom is -0.443 e. The van der Waals surface area contributed by atoms with Crippen molar-refractivity contribution >= 4 is 29.1 Å². The van der Waals surface area contributed by atoms with Crippen molar-refractivity contribution in [1.29, 1.82) is 0 Å². The van der Waals surface area contributed by atoms with Gasteiger partial charge in [-0.05, 0) is 23.3 Å². The Morgan fingerprint density at radius 1 is 0.914 bits per heavy atom. The summed E-state index contributed by atoms with van der Waals surface area (Å²) >= 11 is 0. The Morgan fingerprint density at radius 2 is 1.54 bits per heavy atom. The van der Waals surface area contributed by atoms with Gasteiger partial charge in [-0.3, -0.25) is 4.79 Å². The Hall–Kier alpha value is -4.73. The van der Waals surface area contributed by atoms with E-state index in [-0.39, 0.29) is 13.0 Å². The third-order valence-electron chi connectivity index (χ3n) is 5.22. The summed E-state index contributed by atoms with van der Waals surface area (Å²) < 4.78 is 6.31. The van der Waals surface area contributed by atoms with Crippen LogP contribution in [-0.4, -0.2) is 51.1 Å². The molecule has 0 bridgehead atoms. The molecule has 0 aliphatic carbocycles. The predicted molar refractivity (Wildman–Crippen MR) is 128 cm³/mol. The topological polar surface area (TPSA) is 118 Å². The number of nitrogens with one attached hydrogen (secondary N) is 2. The molecular formula is C25H24N6O4. The first-order valence-corrected chi connectivity index (χ1v) is 10.9. The predicted octanol–water partition coefficient (Wildman–Crippen LogP) is 3.17. The van der Waals surface area contributed by atoms with E-state index in [9.17, 15) is 14.4 Å². The lowest BCUT2D eigenvalue weighted by Gasteiger charge is -2.23. The molecule has 0 saturated carbocycles. The summed E-state index contributed by atoms with van der Waals surface area (Å²) in [5.74, 6) is -0.462. The molecule has 1 heterocycles. The van der Waals surface area contributed by atoms with E-state index in [0.717, 1.165) is 16.1 Å². The number of para-hydroxylation sites is 1. The summed E-state index contributed by atoms with van der Waals surface area (Å²) in [6.45, 7) is 0.0522. The summed E-state index contributed by atoms with van der Waals surface area (Å²) in [5.41, 5.74) is 5.08. The van der Waals surface area contributed by atoms with Crippen LogP contribution < -0.4 is 10.7 Å². The van der Waals surface area contributed by atoms with E-state index in [1.807, 2.05) is 60.7 Å². The second kappa shape index (κ2) is 10.9. The SMILES string of the molecule is CN(NC(=O)OCc1ccccc1)C(=O)N[C@@H](Cc1ccccc1)C(=O)n1nnc2ccccc21. The van der Waals surface area contributed by atoms with Crippen LogP contribution in [0.4, 0.5) is 9.59 Å². The molecule has 0 unspecified atom stereocenters. The number of hydrogen-bond donors (Lipinski definition) is 2. The maximum absolute atomic E-state index is 13.4. The Balaban J connectivity index is 1.44. The number of ether oxygens (including phenoxy) is 1. The van der Waals surface area contributed by atoms with E-state index in [1.165, 1.54) is 11.7 Å². The number of carbonyl (C=O) groups excluding carboxylic acids is 3. The number of aromatic nitrogens is 3. The van der Waals surface area contributed by atoms with Gasteiger partial charge in [0.1, 0.15) is 18.2 Å². The number of rotatable bonds is 6. The summed E-state index contributed by atoms with van der Waals surface area (Å²) in [7, 11) is 1.36. The quantitative estimate of drug-likeness (QED) is 0.416. The lowest BCUT2D eigenvalue weighted by atomic mass is 10.1. The fourth-order valence-corrected chi connectivity index (χ4v) is 3.42. The van der Waals surface area contributed by atoms with E-state index < -0.39 is 24.1 Å². The highest BCUT2D eigenvalue weighted by molar-refractivity contribution is 5.94. The number of hydrazine groups is 1. The molecule has 4 aromatic rings. The van der Waals surface area contributed by atoms with Gasteiger partial charge in [0.15, 0.2) is 0 Å². The molecule has 0 radical (unpaired) electrons. The first kappa shape index (κ1) is 23.4. The van der Waals surface area contributed by atoms with Gasteiger partial charge >= 0.3 is 12.1 Å². The first-order chi connectivity index (χ1) is 17.0. The molecular weight excluding hydrogens is 448 g/mol. The van der Waals surface area contributed by atoms with Crippen molar-refractivity contribution in [1.82, 2.24) is 30.7 Å². The van der Waals surface area contributed by atoms with Gasteiger partial charge in [-0.15, -0.1) is 5.10 Å². The van der Waals surface area contributed by atoms with Crippen molar-refractivity contribution in [3.8, 4) is 0 Å². The number of carbonyl (C=O) groups is 3. The van der Waals surface area contributed by atoms with Crippen LogP contribution in [0.15, 0.2) is 84.9 Å². The van der Waals surface area contributed by atoms with Crippen LogP contribution in [0.25, 0.3) is 11.0 Å². The summed E-state index contributed by atoms with van der Waals surface area (Å²) in [4.78, 5) is 38.3. The standard InChI is InChI=1S/C25H24N6O4/c1-30(28-25(34)35-17-19-12-6-3-7-13-19)24(33)26-21(16-18-10-4-2-5-11-18)23(32)31-22-15-9-8-14-20(22)27-29-31/h2-15,21H,16-17H2,1H3,(H,26,33)(H,28,34)/t21-/m0/s1. The molecule has 3 aromatic carbocycles. The van der Waals surface area contributed by atoms with Gasteiger partial charge < -0.3 is 10.1 Å². The van der Waals surface area contributed by atoms with Crippen molar-refractivity contribution in [3.63, 3.8) is 0 Å². The van der Waals surface area contributed by atoms with Crippen LogP contribution in [0.2, 0.25) is 0 Å². The molecule has 1 aromatic heterocycles. The van der Waals surface area contributed by atoms with Gasteiger partial charge in [-0.2, -0.15) is 4.68 Å². The third-order valence-corrected chi connectivity index (χ3v) is 5.22. The zero-order chi connectivity index (χ0) is 24.6. The molecule has 3 amide bonds. The van der Waals surface area contributed by atoms with E-state index >= 15 is 0 Å². The summed E-state index contributed by atoms with van der Waals surface area (Å²) in [5, 5.41) is 11.6. The minimum absolute atomic E-state index is 0.0522. The van der Waals surface area contributed by atoms with Crippen LogP contribution in [0.1, 0.15) is 15.9 Å². The average Bonchev–Trinajstić information content (AvgIpc) is 3.32. The lowest BCUT2D eigenvalue weighted by Crippen LogP contribution is -2.54. The van der Waals surface area contributed by atoms with Crippen LogP contribution in [0.3, 0.4) is 0 Å². The van der Waals surface area contributed by atoms with Gasteiger partial charge in [-0.25, -0.2) is 20.0 Å². The lowest BCUT2D eigenvalue weighted by molar-refractivity contribution is 0.0839. The molecule has 10 nitrogen and oxygen atoms in total. The Labute approximate surface area is 201 Å². The zero-order valence-electron chi connectivity index (χ0n) is 19.0. The summed E-state index contributed by atoms with van der Waals surface area (Å²) in [6.07, 6.45) is -0.592. The van der Waals surface area contributed by atoms with Crippen molar-refractivity contribution < 1.29 is 19.1 Å². The monoisotopic (exact) mass is 472 g/mol. The molecule has 0 aliphatic heterocycles. The smallest absolute Gasteiger partial charge is 0.426 e. The van der Waals surface area contributed by atoms with Crippen LogP contribution in [0, 0.1) is 0 Å². The number of benzene rings is 3. The molecule has 178 valence electrons. The average molecular weight is 473 g/mol. The molecule has 4 rings (SSSR count). The molecule has 1 atom stereocenters. The molecule has 0 aliphatic rings. The van der Waals surface area contributed by atoms with Crippen molar-refractivity contribution in [2.75, 3.05) is 7.05 Å². The largest absolute Gasteiger partial charge is 0.443 e. The molecule has 0 fully saturated rings. The van der Waals surface area contributed by atoms with Crippen LogP contribution in [0.5, 0.6) is 0 Å². The van der Waals surface area contributed by atoms with E-state index in [4.69, 9.17) is 4.74 Å². The highest BCUT2D eigenvalue weighted by Gasteiger charge is 2.27. The molecule has 35 heavy (non-hydrogen) atoms. The highest BCUT2D eigenvalue weighted by atomic mass is 16.6. The van der Waals surface area contributed by atoms with Gasteiger partial charge in [0.2, 0.25) is 0 Å². The van der Waals surface area contributed by atoms with Crippen LogP contribution in [-0.2, 0) is 17.8 Å². The van der Waals surface area contributed by atoms with Crippen molar-refractivity contribution in [3.05, 3.63) is 96.1 Å². The van der Waals surface area contributed by atoms with Crippen LogP contribution >= 0.6 is 0 Å². The molecule has 10 heteroatoms. The second-order valence-corrected chi connectivity index (χ2v) is 7.75. The number of nitrogens with zero attached hydrogens (tertiary/aromatic N) is 4. The second-order valence-electron chi connectivity index (χ2n) is 7.75. The van der Waals surface area contributed by atoms with Gasteiger partial charge in [0.25, 0.3) is 5.91 Å². The Bertz CT molecular complexity index is 1310. The maximum atomic E-state index is 13.4. The number of hydrogen-bond acceptors (Lipinski definition) is 6. The number of urea groups is 1. The molecule has 0 saturated heterocycles. The fraction of sp³-hybridized carbons (Fsp3) is 0.160. The van der Waals surface area contributed by atoms with E-state index in [1.54, 1.807) is 24.3 Å². The highest BCUT2D eigenvalue weighted by Crippen LogP contribution is 2.12. The fourth-order valence-electron chi connectivity index (χ4n) is 3.42. The normalized spacial score (nSPS) is 11.5. The maximum Gasteiger partial charge on any atom is 0.426 e. The Kier molecular flexibility index (Phi) is 7.31. The van der Waals surface area contributed by atoms with Crippen molar-refractivity contribution in [2.45, 2.75) is 19.1 Å². The summed E-state index contributed by atoms with van der Waals surface area (Å²) in [6, 6.07) is 23.8. The minimum atomic E-state index is -0.973. The van der Waals surface area contributed by atoms with E-state index in [2.05, 4.69) is 21.1 Å². The van der Waals surface area contributed by atoms with Crippen molar-refractivity contribution in [2.24, 2.45) is 0 Å². The van der Waals surface area contributed by atoms with E-state index in [0.29, 0.717) is 11.0 Å². The Morgan fingerprint density at radius 3 is 2.26 bits per heavy atom. The number of fused-ring (bicyclic) bond motifs is 1. The zero-order valence-corrected chi connectivity index (χ0v) is 19.0. The first-order valence-electron chi connectivity index (χ1n) is 10.9. The van der Waals surface area contributed by atoms with Gasteiger partial charge in [-0.1, -0.05) is 78.0 Å². The molecule has 2 N–H and O–H groups in total. The molecule has 0 spiro atoms.